The molecule has 0 aromatic carbocycles. The van der Waals surface area contributed by atoms with E-state index in [1.165, 1.54) is 6.42 Å². The van der Waals surface area contributed by atoms with Crippen LogP contribution in [0.3, 0.4) is 0 Å². The third-order valence-electron chi connectivity index (χ3n) is 3.31. The standard InChI is InChI=1S/C14H32N2O/c1-6-15-13(14(3,4)5)9-11-16(7-2)10-8-12-17/h13,15,17H,6-12H2,1-5H3. The molecule has 1 unspecified atom stereocenters. The molecule has 104 valence electrons. The van der Waals surface area contributed by atoms with Crippen molar-refractivity contribution in [1.29, 1.82) is 0 Å². The first-order chi connectivity index (χ1) is 7.95. The van der Waals surface area contributed by atoms with Gasteiger partial charge in [0.1, 0.15) is 0 Å². The molecule has 17 heavy (non-hydrogen) atoms. The molecule has 0 amide bonds. The molecular formula is C14H32N2O. The maximum absolute atomic E-state index is 8.86. The molecule has 0 heterocycles. The van der Waals surface area contributed by atoms with Crippen molar-refractivity contribution in [2.75, 3.05) is 32.8 Å². The normalized spacial score (nSPS) is 14.3. The number of nitrogens with one attached hydrogen (secondary N) is 1. The molecule has 0 aliphatic carbocycles. The average molecular weight is 244 g/mol. The summed E-state index contributed by atoms with van der Waals surface area (Å²) in [6, 6.07) is 0.565. The van der Waals surface area contributed by atoms with E-state index in [2.05, 4.69) is 44.8 Å². The van der Waals surface area contributed by atoms with Gasteiger partial charge in [-0.25, -0.2) is 0 Å². The predicted octanol–water partition coefficient (Wildman–Crippen LogP) is 2.10. The zero-order valence-corrected chi connectivity index (χ0v) is 12.4. The van der Waals surface area contributed by atoms with E-state index in [-0.39, 0.29) is 0 Å². The van der Waals surface area contributed by atoms with Gasteiger partial charge in [-0.15, -0.1) is 0 Å². The number of aliphatic hydroxyl groups is 1. The molecule has 3 heteroatoms. The van der Waals surface area contributed by atoms with Crippen LogP contribution in [0.5, 0.6) is 0 Å². The van der Waals surface area contributed by atoms with Gasteiger partial charge in [0.2, 0.25) is 0 Å². The molecule has 0 aromatic rings. The van der Waals surface area contributed by atoms with E-state index < -0.39 is 0 Å². The minimum atomic E-state index is 0.298. The van der Waals surface area contributed by atoms with Crippen LogP contribution >= 0.6 is 0 Å². The van der Waals surface area contributed by atoms with Gasteiger partial charge < -0.3 is 15.3 Å². The summed E-state index contributed by atoms with van der Waals surface area (Å²) in [7, 11) is 0. The van der Waals surface area contributed by atoms with Gasteiger partial charge in [-0.3, -0.25) is 0 Å². The van der Waals surface area contributed by atoms with E-state index in [1.807, 2.05) is 0 Å². The van der Waals surface area contributed by atoms with Gasteiger partial charge in [0.25, 0.3) is 0 Å². The van der Waals surface area contributed by atoms with Crippen molar-refractivity contribution in [2.24, 2.45) is 5.41 Å². The highest BCUT2D eigenvalue weighted by Crippen LogP contribution is 2.22. The van der Waals surface area contributed by atoms with Crippen molar-refractivity contribution in [1.82, 2.24) is 10.2 Å². The fourth-order valence-corrected chi connectivity index (χ4v) is 2.12. The Labute approximate surface area is 108 Å². The van der Waals surface area contributed by atoms with Crippen LogP contribution in [0.15, 0.2) is 0 Å². The Morgan fingerprint density at radius 2 is 1.82 bits per heavy atom. The molecule has 0 bridgehead atoms. The molecule has 0 aliphatic heterocycles. The number of aliphatic hydroxyl groups excluding tert-OH is 1. The Bertz CT molecular complexity index is 178. The first-order valence-electron chi connectivity index (χ1n) is 7.02. The van der Waals surface area contributed by atoms with Crippen LogP contribution in [-0.4, -0.2) is 48.8 Å². The van der Waals surface area contributed by atoms with Gasteiger partial charge in [-0.2, -0.15) is 0 Å². The molecule has 0 radical (unpaired) electrons. The lowest BCUT2D eigenvalue weighted by molar-refractivity contribution is 0.195. The minimum Gasteiger partial charge on any atom is -0.396 e. The quantitative estimate of drug-likeness (QED) is 0.652. The third-order valence-corrected chi connectivity index (χ3v) is 3.31. The number of hydrogen-bond donors (Lipinski definition) is 2. The van der Waals surface area contributed by atoms with E-state index in [0.717, 1.165) is 32.6 Å². The lowest BCUT2D eigenvalue weighted by Crippen LogP contribution is -2.43. The molecular weight excluding hydrogens is 212 g/mol. The molecule has 0 fully saturated rings. The van der Waals surface area contributed by atoms with Crippen molar-refractivity contribution in [2.45, 2.75) is 53.5 Å². The summed E-state index contributed by atoms with van der Waals surface area (Å²) in [4.78, 5) is 2.42. The second kappa shape index (κ2) is 8.90. The fraction of sp³-hybridized carbons (Fsp3) is 1.00. The lowest BCUT2D eigenvalue weighted by atomic mass is 9.84. The fourth-order valence-electron chi connectivity index (χ4n) is 2.12. The molecule has 2 N–H and O–H groups in total. The molecule has 0 aliphatic rings. The summed E-state index contributed by atoms with van der Waals surface area (Å²) in [5.41, 5.74) is 0.312. The zero-order valence-electron chi connectivity index (χ0n) is 12.4. The van der Waals surface area contributed by atoms with Crippen molar-refractivity contribution >= 4 is 0 Å². The predicted molar refractivity (Wildman–Crippen MR) is 75.4 cm³/mol. The van der Waals surface area contributed by atoms with Gasteiger partial charge >= 0.3 is 0 Å². The van der Waals surface area contributed by atoms with Gasteiger partial charge in [-0.1, -0.05) is 34.6 Å². The first-order valence-corrected chi connectivity index (χ1v) is 7.02. The van der Waals surface area contributed by atoms with Crippen LogP contribution in [0, 0.1) is 5.41 Å². The van der Waals surface area contributed by atoms with Gasteiger partial charge in [0.05, 0.1) is 0 Å². The maximum Gasteiger partial charge on any atom is 0.0443 e. The highest BCUT2D eigenvalue weighted by Gasteiger charge is 2.23. The van der Waals surface area contributed by atoms with Crippen LogP contribution in [0.1, 0.15) is 47.5 Å². The zero-order chi connectivity index (χ0) is 13.3. The molecule has 0 rings (SSSR count). The highest BCUT2D eigenvalue weighted by molar-refractivity contribution is 4.81. The molecule has 0 aromatic heterocycles. The summed E-state index contributed by atoms with van der Waals surface area (Å²) < 4.78 is 0. The maximum atomic E-state index is 8.86. The third kappa shape index (κ3) is 7.74. The summed E-state index contributed by atoms with van der Waals surface area (Å²) in [5, 5.41) is 12.4. The van der Waals surface area contributed by atoms with Crippen molar-refractivity contribution in [3.63, 3.8) is 0 Å². The number of rotatable bonds is 9. The van der Waals surface area contributed by atoms with Gasteiger partial charge in [-0.05, 0) is 37.9 Å². The molecule has 0 saturated heterocycles. The lowest BCUT2D eigenvalue weighted by Gasteiger charge is -2.33. The van der Waals surface area contributed by atoms with Crippen LogP contribution < -0.4 is 5.32 Å². The summed E-state index contributed by atoms with van der Waals surface area (Å²) in [5.74, 6) is 0. The van der Waals surface area contributed by atoms with E-state index in [1.54, 1.807) is 0 Å². The van der Waals surface area contributed by atoms with Crippen molar-refractivity contribution < 1.29 is 5.11 Å². The molecule has 0 spiro atoms. The second-order valence-electron chi connectivity index (χ2n) is 5.78. The van der Waals surface area contributed by atoms with Gasteiger partial charge in [0, 0.05) is 19.2 Å². The van der Waals surface area contributed by atoms with E-state index >= 15 is 0 Å². The van der Waals surface area contributed by atoms with E-state index in [4.69, 9.17) is 5.11 Å². The SMILES string of the molecule is CCNC(CCN(CC)CCCO)C(C)(C)C. The van der Waals surface area contributed by atoms with E-state index in [0.29, 0.717) is 18.1 Å². The Hall–Kier alpha value is -0.120. The Morgan fingerprint density at radius 3 is 2.24 bits per heavy atom. The van der Waals surface area contributed by atoms with Crippen molar-refractivity contribution in [3.8, 4) is 0 Å². The summed E-state index contributed by atoms with van der Waals surface area (Å²) in [6.45, 7) is 15.8. The topological polar surface area (TPSA) is 35.5 Å². The number of nitrogens with zero attached hydrogens (tertiary/aromatic N) is 1. The van der Waals surface area contributed by atoms with Crippen LogP contribution in [0.25, 0.3) is 0 Å². The largest absolute Gasteiger partial charge is 0.396 e. The number of hydrogen-bond acceptors (Lipinski definition) is 3. The Kier molecular flexibility index (Phi) is 8.83. The van der Waals surface area contributed by atoms with Crippen molar-refractivity contribution in [3.05, 3.63) is 0 Å². The van der Waals surface area contributed by atoms with Crippen LogP contribution in [0.4, 0.5) is 0 Å². The Balaban J connectivity index is 4.08. The smallest absolute Gasteiger partial charge is 0.0443 e. The monoisotopic (exact) mass is 244 g/mol. The molecule has 3 nitrogen and oxygen atoms in total. The van der Waals surface area contributed by atoms with Crippen LogP contribution in [0.2, 0.25) is 0 Å². The van der Waals surface area contributed by atoms with Gasteiger partial charge in [0.15, 0.2) is 0 Å². The van der Waals surface area contributed by atoms with Crippen LogP contribution in [-0.2, 0) is 0 Å². The minimum absolute atomic E-state index is 0.298. The highest BCUT2D eigenvalue weighted by atomic mass is 16.3. The molecule has 0 saturated carbocycles. The second-order valence-corrected chi connectivity index (χ2v) is 5.78. The summed E-state index contributed by atoms with van der Waals surface area (Å²) >= 11 is 0. The average Bonchev–Trinajstić information content (AvgIpc) is 2.26. The summed E-state index contributed by atoms with van der Waals surface area (Å²) in [6.07, 6.45) is 2.06. The molecule has 1 atom stereocenters. The first kappa shape index (κ1) is 16.9. The van der Waals surface area contributed by atoms with E-state index in [9.17, 15) is 0 Å². The Morgan fingerprint density at radius 1 is 1.18 bits per heavy atom.